The van der Waals surface area contributed by atoms with Crippen molar-refractivity contribution in [3.63, 3.8) is 0 Å². The van der Waals surface area contributed by atoms with Crippen molar-refractivity contribution in [1.29, 1.82) is 0 Å². The van der Waals surface area contributed by atoms with Gasteiger partial charge in [0.15, 0.2) is 0 Å². The molecule has 0 saturated heterocycles. The molecule has 20 heavy (non-hydrogen) atoms. The van der Waals surface area contributed by atoms with Crippen LogP contribution in [-0.2, 0) is 0 Å². The number of nitrogens with one attached hydrogen (secondary N) is 1. The molecule has 0 radical (unpaired) electrons. The van der Waals surface area contributed by atoms with Crippen LogP contribution >= 0.6 is 23.8 Å². The summed E-state index contributed by atoms with van der Waals surface area (Å²) in [5.41, 5.74) is 9.63. The third kappa shape index (κ3) is 3.50. The number of hydrogen-bond donors (Lipinski definition) is 2. The Bertz CT molecular complexity index is 638. The topological polar surface area (TPSA) is 38.0 Å². The Morgan fingerprint density at radius 2 is 1.95 bits per heavy atom. The van der Waals surface area contributed by atoms with E-state index in [1.54, 1.807) is 6.07 Å². The van der Waals surface area contributed by atoms with E-state index in [0.717, 1.165) is 16.9 Å². The monoisotopic (exact) mass is 304 g/mol. The van der Waals surface area contributed by atoms with E-state index in [4.69, 9.17) is 29.6 Å². The number of hydrogen-bond acceptors (Lipinski definition) is 2. The Kier molecular flexibility index (Phi) is 4.63. The molecule has 0 fully saturated rings. The highest BCUT2D eigenvalue weighted by Gasteiger charge is 2.07. The van der Waals surface area contributed by atoms with Gasteiger partial charge in [0.25, 0.3) is 0 Å². The Labute approximate surface area is 130 Å². The predicted molar refractivity (Wildman–Crippen MR) is 91.2 cm³/mol. The summed E-state index contributed by atoms with van der Waals surface area (Å²) in [5.74, 6) is 0.478. The molecule has 0 aromatic heterocycles. The first-order valence-electron chi connectivity index (χ1n) is 6.43. The van der Waals surface area contributed by atoms with Gasteiger partial charge in [-0.15, -0.1) is 0 Å². The highest BCUT2D eigenvalue weighted by molar-refractivity contribution is 7.80. The fourth-order valence-corrected chi connectivity index (χ4v) is 2.32. The molecule has 0 atom stereocenters. The summed E-state index contributed by atoms with van der Waals surface area (Å²) < 4.78 is 0. The number of halogens is 1. The summed E-state index contributed by atoms with van der Waals surface area (Å²) in [6, 6.07) is 13.7. The van der Waals surface area contributed by atoms with E-state index < -0.39 is 0 Å². The lowest BCUT2D eigenvalue weighted by atomic mass is 10.0. The average molecular weight is 305 g/mol. The second-order valence-corrected chi connectivity index (χ2v) is 5.84. The second-order valence-electron chi connectivity index (χ2n) is 4.96. The van der Waals surface area contributed by atoms with E-state index >= 15 is 0 Å². The third-order valence-electron chi connectivity index (χ3n) is 3.08. The zero-order chi connectivity index (χ0) is 14.7. The van der Waals surface area contributed by atoms with Crippen molar-refractivity contribution in [3.05, 3.63) is 58.6 Å². The quantitative estimate of drug-likeness (QED) is 0.794. The molecule has 2 rings (SSSR count). The van der Waals surface area contributed by atoms with Crippen molar-refractivity contribution in [2.45, 2.75) is 19.8 Å². The molecule has 0 unspecified atom stereocenters. The van der Waals surface area contributed by atoms with Crippen molar-refractivity contribution in [3.8, 4) is 0 Å². The average Bonchev–Trinajstić information content (AvgIpc) is 2.38. The number of anilines is 2. The Balaban J connectivity index is 2.36. The van der Waals surface area contributed by atoms with Crippen LogP contribution < -0.4 is 11.1 Å². The minimum atomic E-state index is 0.351. The lowest BCUT2D eigenvalue weighted by molar-refractivity contribution is 0.867. The third-order valence-corrected chi connectivity index (χ3v) is 3.53. The first-order chi connectivity index (χ1) is 9.47. The molecular formula is C16H17ClN2S. The fourth-order valence-electron chi connectivity index (χ4n) is 1.97. The number of nitrogens with two attached hydrogens (primary N) is 1. The van der Waals surface area contributed by atoms with Gasteiger partial charge in [-0.1, -0.05) is 49.8 Å². The van der Waals surface area contributed by atoms with Gasteiger partial charge in [-0.25, -0.2) is 0 Å². The maximum atomic E-state index is 6.05. The van der Waals surface area contributed by atoms with Gasteiger partial charge in [0.2, 0.25) is 0 Å². The maximum absolute atomic E-state index is 6.05. The molecule has 0 heterocycles. The van der Waals surface area contributed by atoms with E-state index in [0.29, 0.717) is 15.9 Å². The molecule has 0 aliphatic carbocycles. The Hall–Kier alpha value is -1.58. The van der Waals surface area contributed by atoms with Gasteiger partial charge in [0.05, 0.1) is 5.69 Å². The molecular weight excluding hydrogens is 288 g/mol. The highest BCUT2D eigenvalue weighted by atomic mass is 35.5. The predicted octanol–water partition coefficient (Wildman–Crippen LogP) is 4.84. The standard InChI is InChI=1S/C16H17ClN2S/c1-10(2)11-4-3-5-13(8-11)19-15-9-12(17)6-7-14(15)16(18)20/h3-10,19H,1-2H3,(H2,18,20). The summed E-state index contributed by atoms with van der Waals surface area (Å²) >= 11 is 11.1. The van der Waals surface area contributed by atoms with Gasteiger partial charge in [-0.3, -0.25) is 0 Å². The maximum Gasteiger partial charge on any atom is 0.106 e. The summed E-state index contributed by atoms with van der Waals surface area (Å²) in [6.45, 7) is 4.33. The first-order valence-corrected chi connectivity index (χ1v) is 7.22. The van der Waals surface area contributed by atoms with E-state index in [1.807, 2.05) is 24.3 Å². The van der Waals surface area contributed by atoms with Gasteiger partial charge in [0, 0.05) is 16.3 Å². The second kappa shape index (κ2) is 6.25. The van der Waals surface area contributed by atoms with Crippen molar-refractivity contribution >= 4 is 40.2 Å². The zero-order valence-corrected chi connectivity index (χ0v) is 13.1. The molecule has 2 aromatic rings. The van der Waals surface area contributed by atoms with Gasteiger partial charge in [-0.05, 0) is 41.8 Å². The van der Waals surface area contributed by atoms with Crippen molar-refractivity contribution in [2.24, 2.45) is 5.73 Å². The van der Waals surface area contributed by atoms with Crippen LogP contribution in [0.2, 0.25) is 5.02 Å². The molecule has 0 amide bonds. The summed E-state index contributed by atoms with van der Waals surface area (Å²) in [4.78, 5) is 0.351. The van der Waals surface area contributed by atoms with Crippen molar-refractivity contribution < 1.29 is 0 Å². The Morgan fingerprint density at radius 1 is 1.20 bits per heavy atom. The number of benzene rings is 2. The summed E-state index contributed by atoms with van der Waals surface area (Å²) in [7, 11) is 0. The van der Waals surface area contributed by atoms with Crippen LogP contribution in [0, 0.1) is 0 Å². The van der Waals surface area contributed by atoms with E-state index in [2.05, 4.69) is 31.3 Å². The number of rotatable bonds is 4. The number of thiocarbonyl (C=S) groups is 1. The molecule has 0 aliphatic rings. The Morgan fingerprint density at radius 3 is 2.60 bits per heavy atom. The minimum Gasteiger partial charge on any atom is -0.389 e. The lowest BCUT2D eigenvalue weighted by Crippen LogP contribution is -2.11. The largest absolute Gasteiger partial charge is 0.389 e. The van der Waals surface area contributed by atoms with Crippen molar-refractivity contribution in [2.75, 3.05) is 5.32 Å². The van der Waals surface area contributed by atoms with Crippen LogP contribution in [0.15, 0.2) is 42.5 Å². The van der Waals surface area contributed by atoms with Gasteiger partial charge >= 0.3 is 0 Å². The minimum absolute atomic E-state index is 0.351. The molecule has 3 N–H and O–H groups in total. The van der Waals surface area contributed by atoms with Gasteiger partial charge in [0.1, 0.15) is 4.99 Å². The summed E-state index contributed by atoms with van der Waals surface area (Å²) in [6.07, 6.45) is 0. The van der Waals surface area contributed by atoms with E-state index in [-0.39, 0.29) is 0 Å². The van der Waals surface area contributed by atoms with Gasteiger partial charge in [-0.2, -0.15) is 0 Å². The smallest absolute Gasteiger partial charge is 0.106 e. The first kappa shape index (κ1) is 14.8. The molecule has 104 valence electrons. The SMILES string of the molecule is CC(C)c1cccc(Nc2cc(Cl)ccc2C(N)=S)c1. The van der Waals surface area contributed by atoms with Crippen LogP contribution in [-0.4, -0.2) is 4.99 Å². The molecule has 0 bridgehead atoms. The van der Waals surface area contributed by atoms with Gasteiger partial charge < -0.3 is 11.1 Å². The molecule has 0 aliphatic heterocycles. The fraction of sp³-hybridized carbons (Fsp3) is 0.188. The highest BCUT2D eigenvalue weighted by Crippen LogP contribution is 2.26. The molecule has 2 nitrogen and oxygen atoms in total. The van der Waals surface area contributed by atoms with E-state index in [9.17, 15) is 0 Å². The van der Waals surface area contributed by atoms with Crippen molar-refractivity contribution in [1.82, 2.24) is 0 Å². The van der Waals surface area contributed by atoms with Crippen LogP contribution in [0.3, 0.4) is 0 Å². The summed E-state index contributed by atoms with van der Waals surface area (Å²) in [5, 5.41) is 3.98. The van der Waals surface area contributed by atoms with Crippen LogP contribution in [0.5, 0.6) is 0 Å². The van der Waals surface area contributed by atoms with Crippen LogP contribution in [0.1, 0.15) is 30.9 Å². The zero-order valence-electron chi connectivity index (χ0n) is 11.5. The molecule has 4 heteroatoms. The van der Waals surface area contributed by atoms with Crippen LogP contribution in [0.25, 0.3) is 0 Å². The van der Waals surface area contributed by atoms with E-state index in [1.165, 1.54) is 5.56 Å². The lowest BCUT2D eigenvalue weighted by Gasteiger charge is -2.13. The normalized spacial score (nSPS) is 10.6. The molecule has 0 saturated carbocycles. The molecule has 2 aromatic carbocycles. The molecule has 0 spiro atoms. The van der Waals surface area contributed by atoms with Crippen LogP contribution in [0.4, 0.5) is 11.4 Å².